The Bertz CT molecular complexity index is 715. The second kappa shape index (κ2) is 7.66. The summed E-state index contributed by atoms with van der Waals surface area (Å²) in [6.45, 7) is 1.03. The molecule has 7 heteroatoms. The molecule has 1 aromatic carbocycles. The van der Waals surface area contributed by atoms with Gasteiger partial charge >= 0.3 is 0 Å². The molecule has 1 N–H and O–H groups in total. The van der Waals surface area contributed by atoms with E-state index in [0.717, 1.165) is 23.9 Å². The average molecular weight is 317 g/mol. The van der Waals surface area contributed by atoms with E-state index in [1.807, 2.05) is 42.3 Å². The summed E-state index contributed by atoms with van der Waals surface area (Å²) in [6.07, 6.45) is 0.353. The first-order valence-electron chi connectivity index (χ1n) is 7.21. The Hall–Kier alpha value is -2.51. The van der Waals surface area contributed by atoms with E-state index in [2.05, 4.69) is 0 Å². The summed E-state index contributed by atoms with van der Waals surface area (Å²) < 4.78 is 1.17. The molecule has 7 nitrogen and oxygen atoms in total. The molecule has 2 rings (SSSR count). The molecular weight excluding hydrogens is 298 g/mol. The number of aliphatic hydroxyl groups is 1. The number of hydrogen-bond donors (Lipinski definition) is 1. The summed E-state index contributed by atoms with van der Waals surface area (Å²) in [4.78, 5) is 23.8. The summed E-state index contributed by atoms with van der Waals surface area (Å²) in [5, 5.41) is 20.9. The number of aliphatic hydroxyl groups excluding tert-OH is 1. The highest BCUT2D eigenvalue weighted by molar-refractivity contribution is 5.24. The van der Waals surface area contributed by atoms with Crippen molar-refractivity contribution in [2.75, 3.05) is 13.6 Å². The van der Waals surface area contributed by atoms with Crippen LogP contribution in [-0.4, -0.2) is 39.2 Å². The van der Waals surface area contributed by atoms with Crippen molar-refractivity contribution in [3.63, 3.8) is 0 Å². The van der Waals surface area contributed by atoms with Gasteiger partial charge in [0.25, 0.3) is 11.2 Å². The number of likely N-dealkylation sites (N-methyl/N-ethyl adjacent to an activating group) is 1. The van der Waals surface area contributed by atoms with Gasteiger partial charge in [0.15, 0.2) is 0 Å². The van der Waals surface area contributed by atoms with Crippen LogP contribution in [0.3, 0.4) is 0 Å². The van der Waals surface area contributed by atoms with Crippen molar-refractivity contribution >= 4 is 5.69 Å². The number of rotatable bonds is 7. The molecule has 122 valence electrons. The molecular formula is C16H19N3O4. The number of nitrogens with zero attached hydrogens (tertiary/aromatic N) is 3. The third-order valence-electron chi connectivity index (χ3n) is 3.40. The van der Waals surface area contributed by atoms with Crippen LogP contribution < -0.4 is 5.56 Å². The van der Waals surface area contributed by atoms with Crippen molar-refractivity contribution in [1.29, 1.82) is 0 Å². The van der Waals surface area contributed by atoms with Gasteiger partial charge in [-0.05, 0) is 12.6 Å². The SMILES string of the molecule is CN(Cc1ccccc1)CC(O)Cn1cc([N+](=O)[O-])ccc1=O. The number of hydrogen-bond acceptors (Lipinski definition) is 5. The van der Waals surface area contributed by atoms with Crippen LogP contribution in [0.15, 0.2) is 53.5 Å². The first kappa shape index (κ1) is 16.9. The molecule has 0 bridgehead atoms. The molecule has 23 heavy (non-hydrogen) atoms. The van der Waals surface area contributed by atoms with E-state index < -0.39 is 11.0 Å². The molecule has 0 saturated carbocycles. The lowest BCUT2D eigenvalue weighted by Gasteiger charge is -2.21. The molecule has 1 heterocycles. The van der Waals surface area contributed by atoms with Crippen LogP contribution in [0.25, 0.3) is 0 Å². The normalized spacial score (nSPS) is 12.3. The summed E-state index contributed by atoms with van der Waals surface area (Å²) >= 11 is 0. The Morgan fingerprint density at radius 1 is 1.26 bits per heavy atom. The number of nitro groups is 1. The third kappa shape index (κ3) is 5.01. The van der Waals surface area contributed by atoms with Gasteiger partial charge in [0.05, 0.1) is 23.8 Å². The van der Waals surface area contributed by atoms with Crippen molar-refractivity contribution in [3.05, 3.63) is 74.7 Å². The number of aromatic nitrogens is 1. The van der Waals surface area contributed by atoms with Gasteiger partial charge in [-0.1, -0.05) is 30.3 Å². The zero-order valence-corrected chi connectivity index (χ0v) is 12.8. The Morgan fingerprint density at radius 3 is 2.61 bits per heavy atom. The van der Waals surface area contributed by atoms with Gasteiger partial charge in [-0.25, -0.2) is 0 Å². The highest BCUT2D eigenvalue weighted by atomic mass is 16.6. The predicted molar refractivity (Wildman–Crippen MR) is 86.1 cm³/mol. The maximum atomic E-state index is 11.7. The van der Waals surface area contributed by atoms with E-state index in [1.165, 1.54) is 4.57 Å². The van der Waals surface area contributed by atoms with Crippen LogP contribution in [-0.2, 0) is 13.1 Å². The van der Waals surface area contributed by atoms with Gasteiger partial charge in [-0.2, -0.15) is 0 Å². The van der Waals surface area contributed by atoms with Crippen molar-refractivity contribution in [2.24, 2.45) is 0 Å². The summed E-state index contributed by atoms with van der Waals surface area (Å²) in [7, 11) is 1.87. The second-order valence-corrected chi connectivity index (χ2v) is 5.47. The molecule has 2 aromatic rings. The number of benzene rings is 1. The molecule has 0 radical (unpaired) electrons. The lowest BCUT2D eigenvalue weighted by Crippen LogP contribution is -2.34. The van der Waals surface area contributed by atoms with Crippen molar-refractivity contribution in [1.82, 2.24) is 9.47 Å². The third-order valence-corrected chi connectivity index (χ3v) is 3.40. The van der Waals surface area contributed by atoms with E-state index in [-0.39, 0.29) is 17.8 Å². The first-order chi connectivity index (χ1) is 11.0. The molecule has 0 fully saturated rings. The minimum Gasteiger partial charge on any atom is -0.390 e. The Labute approximate surface area is 133 Å². The lowest BCUT2D eigenvalue weighted by molar-refractivity contribution is -0.385. The van der Waals surface area contributed by atoms with E-state index >= 15 is 0 Å². The average Bonchev–Trinajstić information content (AvgIpc) is 2.50. The van der Waals surface area contributed by atoms with Gasteiger partial charge in [0.2, 0.25) is 0 Å². The zero-order valence-electron chi connectivity index (χ0n) is 12.8. The fraction of sp³-hybridized carbons (Fsp3) is 0.312. The maximum Gasteiger partial charge on any atom is 0.285 e. The molecule has 1 aromatic heterocycles. The topological polar surface area (TPSA) is 88.6 Å². The predicted octanol–water partition coefficient (Wildman–Crippen LogP) is 1.25. The smallest absolute Gasteiger partial charge is 0.285 e. The fourth-order valence-corrected chi connectivity index (χ4v) is 2.37. The van der Waals surface area contributed by atoms with Crippen LogP contribution in [0.1, 0.15) is 5.56 Å². The minimum absolute atomic E-state index is 0.0135. The van der Waals surface area contributed by atoms with Crippen LogP contribution in [0.4, 0.5) is 5.69 Å². The highest BCUT2D eigenvalue weighted by Gasteiger charge is 2.13. The molecule has 0 aliphatic rings. The molecule has 0 aliphatic heterocycles. The van der Waals surface area contributed by atoms with Crippen molar-refractivity contribution < 1.29 is 10.0 Å². The van der Waals surface area contributed by atoms with Crippen LogP contribution in [0.5, 0.6) is 0 Å². The van der Waals surface area contributed by atoms with Gasteiger partial charge in [0.1, 0.15) is 0 Å². The van der Waals surface area contributed by atoms with Crippen LogP contribution in [0, 0.1) is 10.1 Å². The van der Waals surface area contributed by atoms with Gasteiger partial charge in [-0.15, -0.1) is 0 Å². The highest BCUT2D eigenvalue weighted by Crippen LogP contribution is 2.08. The quantitative estimate of drug-likeness (QED) is 0.613. The van der Waals surface area contributed by atoms with E-state index in [4.69, 9.17) is 0 Å². The maximum absolute atomic E-state index is 11.7. The first-order valence-corrected chi connectivity index (χ1v) is 7.21. The van der Waals surface area contributed by atoms with Gasteiger partial charge < -0.3 is 9.67 Å². The van der Waals surface area contributed by atoms with E-state index in [0.29, 0.717) is 13.1 Å². The second-order valence-electron chi connectivity index (χ2n) is 5.47. The van der Waals surface area contributed by atoms with E-state index in [1.54, 1.807) is 0 Å². The molecule has 0 amide bonds. The van der Waals surface area contributed by atoms with E-state index in [9.17, 15) is 20.0 Å². The molecule has 0 aliphatic carbocycles. The standard InChI is InChI=1S/C16H19N3O4/c1-17(9-13-5-3-2-4-6-13)11-15(20)12-18-10-14(19(22)23)7-8-16(18)21/h2-8,10,15,20H,9,11-12H2,1H3. The van der Waals surface area contributed by atoms with Crippen molar-refractivity contribution in [3.8, 4) is 0 Å². The Morgan fingerprint density at radius 2 is 1.96 bits per heavy atom. The monoisotopic (exact) mass is 317 g/mol. The zero-order chi connectivity index (χ0) is 16.8. The number of pyridine rings is 1. The largest absolute Gasteiger partial charge is 0.390 e. The molecule has 1 unspecified atom stereocenters. The Balaban J connectivity index is 1.96. The fourth-order valence-electron chi connectivity index (χ4n) is 2.37. The summed E-state index contributed by atoms with van der Waals surface area (Å²) in [5.74, 6) is 0. The minimum atomic E-state index is -0.802. The molecule has 1 atom stereocenters. The Kier molecular flexibility index (Phi) is 5.61. The summed E-state index contributed by atoms with van der Waals surface area (Å²) in [5.41, 5.74) is 0.574. The van der Waals surface area contributed by atoms with Crippen LogP contribution in [0.2, 0.25) is 0 Å². The molecule has 0 spiro atoms. The van der Waals surface area contributed by atoms with Crippen molar-refractivity contribution in [2.45, 2.75) is 19.2 Å². The lowest BCUT2D eigenvalue weighted by atomic mass is 10.2. The summed E-state index contributed by atoms with van der Waals surface area (Å²) in [6, 6.07) is 12.1. The van der Waals surface area contributed by atoms with Gasteiger partial charge in [-0.3, -0.25) is 19.8 Å². The van der Waals surface area contributed by atoms with Gasteiger partial charge in [0, 0.05) is 25.2 Å². The molecule has 0 saturated heterocycles. The van der Waals surface area contributed by atoms with Crippen LogP contribution >= 0.6 is 0 Å².